The fraction of sp³-hybridized carbons (Fsp3) is 0.250. The van der Waals surface area contributed by atoms with Crippen molar-refractivity contribution in [2.45, 2.75) is 26.2 Å². The molecule has 0 heteroatoms. The van der Waals surface area contributed by atoms with Crippen LogP contribution in [-0.2, 0) is 6.42 Å². The summed E-state index contributed by atoms with van der Waals surface area (Å²) in [7, 11) is 0. The van der Waals surface area contributed by atoms with Gasteiger partial charge in [0.25, 0.3) is 0 Å². The van der Waals surface area contributed by atoms with Gasteiger partial charge in [-0.2, -0.15) is 0 Å². The molecule has 16 heavy (non-hydrogen) atoms. The highest BCUT2D eigenvalue weighted by molar-refractivity contribution is 5.47. The third-order valence-corrected chi connectivity index (χ3v) is 3.20. The molecule has 0 saturated carbocycles. The minimum absolute atomic E-state index is 0.525. The Bertz CT molecular complexity index is 495. The van der Waals surface area contributed by atoms with Gasteiger partial charge in [-0.15, -0.1) is 6.42 Å². The van der Waals surface area contributed by atoms with Crippen LogP contribution in [0, 0.1) is 12.3 Å². The van der Waals surface area contributed by atoms with Gasteiger partial charge in [0, 0.05) is 5.92 Å². The number of hydrogen-bond donors (Lipinski definition) is 0. The molecule has 1 aromatic carbocycles. The summed E-state index contributed by atoms with van der Waals surface area (Å²) in [6.45, 7) is 4.32. The SMILES string of the molecule is C#C/C=C(C)\C=C1/Cc2ccccc2C1C. The molecule has 1 atom stereocenters. The quantitative estimate of drug-likeness (QED) is 0.615. The van der Waals surface area contributed by atoms with Gasteiger partial charge in [-0.3, -0.25) is 0 Å². The summed E-state index contributed by atoms with van der Waals surface area (Å²) >= 11 is 0. The van der Waals surface area contributed by atoms with Crippen LogP contribution in [0.4, 0.5) is 0 Å². The molecule has 0 spiro atoms. The molecule has 1 aliphatic rings. The van der Waals surface area contributed by atoms with Crippen molar-refractivity contribution in [1.82, 2.24) is 0 Å². The van der Waals surface area contributed by atoms with E-state index in [2.05, 4.69) is 50.1 Å². The zero-order valence-corrected chi connectivity index (χ0v) is 9.83. The second-order valence-corrected chi connectivity index (χ2v) is 4.37. The van der Waals surface area contributed by atoms with E-state index in [1.807, 2.05) is 6.08 Å². The van der Waals surface area contributed by atoms with Crippen LogP contribution in [0.2, 0.25) is 0 Å². The summed E-state index contributed by atoms with van der Waals surface area (Å²) in [4.78, 5) is 0. The van der Waals surface area contributed by atoms with Crippen LogP contribution < -0.4 is 0 Å². The molecule has 0 bridgehead atoms. The number of terminal acetylenes is 1. The largest absolute Gasteiger partial charge is 0.115 e. The van der Waals surface area contributed by atoms with Crippen LogP contribution in [0.3, 0.4) is 0 Å². The first-order valence-corrected chi connectivity index (χ1v) is 5.63. The molecule has 0 aromatic heterocycles. The molecule has 1 unspecified atom stereocenters. The Kier molecular flexibility index (Phi) is 2.97. The minimum Gasteiger partial charge on any atom is -0.115 e. The maximum Gasteiger partial charge on any atom is 0.00292 e. The zero-order chi connectivity index (χ0) is 11.5. The lowest BCUT2D eigenvalue weighted by atomic mass is 9.99. The Morgan fingerprint density at radius 2 is 2.19 bits per heavy atom. The van der Waals surface area contributed by atoms with E-state index < -0.39 is 0 Å². The predicted octanol–water partition coefficient (Wildman–Crippen LogP) is 3.85. The van der Waals surface area contributed by atoms with Gasteiger partial charge < -0.3 is 0 Å². The van der Waals surface area contributed by atoms with Crippen molar-refractivity contribution in [2.75, 3.05) is 0 Å². The Labute approximate surface area is 97.7 Å². The van der Waals surface area contributed by atoms with E-state index in [4.69, 9.17) is 6.42 Å². The van der Waals surface area contributed by atoms with Crippen LogP contribution in [-0.4, -0.2) is 0 Å². The lowest BCUT2D eigenvalue weighted by Crippen LogP contribution is -1.89. The van der Waals surface area contributed by atoms with E-state index in [-0.39, 0.29) is 0 Å². The zero-order valence-electron chi connectivity index (χ0n) is 9.83. The van der Waals surface area contributed by atoms with Crippen LogP contribution in [0.1, 0.15) is 30.9 Å². The van der Waals surface area contributed by atoms with E-state index in [1.54, 1.807) is 0 Å². The van der Waals surface area contributed by atoms with Crippen LogP contribution in [0.5, 0.6) is 0 Å². The van der Waals surface area contributed by atoms with Crippen molar-refractivity contribution in [3.63, 3.8) is 0 Å². The van der Waals surface area contributed by atoms with Crippen molar-refractivity contribution in [1.29, 1.82) is 0 Å². The fourth-order valence-electron chi connectivity index (χ4n) is 2.33. The van der Waals surface area contributed by atoms with Gasteiger partial charge >= 0.3 is 0 Å². The molecule has 80 valence electrons. The second-order valence-electron chi connectivity index (χ2n) is 4.37. The highest BCUT2D eigenvalue weighted by Gasteiger charge is 2.22. The molecule has 0 amide bonds. The van der Waals surface area contributed by atoms with Crippen molar-refractivity contribution < 1.29 is 0 Å². The van der Waals surface area contributed by atoms with Crippen molar-refractivity contribution in [3.05, 3.63) is 58.7 Å². The van der Waals surface area contributed by atoms with Gasteiger partial charge in [-0.05, 0) is 36.1 Å². The molecule has 1 aliphatic carbocycles. The maximum absolute atomic E-state index is 5.27. The summed E-state index contributed by atoms with van der Waals surface area (Å²) < 4.78 is 0. The maximum atomic E-state index is 5.27. The smallest absolute Gasteiger partial charge is 0.00292 e. The van der Waals surface area contributed by atoms with Crippen LogP contribution in [0.25, 0.3) is 0 Å². The number of rotatable bonds is 1. The fourth-order valence-corrected chi connectivity index (χ4v) is 2.33. The number of fused-ring (bicyclic) bond motifs is 1. The Balaban J connectivity index is 2.32. The van der Waals surface area contributed by atoms with Crippen molar-refractivity contribution >= 4 is 0 Å². The highest BCUT2D eigenvalue weighted by Crippen LogP contribution is 2.37. The molecular formula is C16H16. The van der Waals surface area contributed by atoms with E-state index >= 15 is 0 Å². The van der Waals surface area contributed by atoms with Crippen LogP contribution in [0.15, 0.2) is 47.6 Å². The molecule has 0 nitrogen and oxygen atoms in total. The van der Waals surface area contributed by atoms with E-state index in [0.717, 1.165) is 12.0 Å². The summed E-state index contributed by atoms with van der Waals surface area (Å²) in [6.07, 6.45) is 10.4. The lowest BCUT2D eigenvalue weighted by Gasteiger charge is -2.06. The molecular weight excluding hydrogens is 192 g/mol. The molecule has 0 aliphatic heterocycles. The van der Waals surface area contributed by atoms with Gasteiger partial charge in [-0.25, -0.2) is 0 Å². The molecule has 2 rings (SSSR count). The molecule has 0 heterocycles. The van der Waals surface area contributed by atoms with Gasteiger partial charge in [0.05, 0.1) is 0 Å². The minimum atomic E-state index is 0.525. The predicted molar refractivity (Wildman–Crippen MR) is 69.2 cm³/mol. The van der Waals surface area contributed by atoms with E-state index in [0.29, 0.717) is 5.92 Å². The number of hydrogen-bond acceptors (Lipinski definition) is 0. The first-order valence-electron chi connectivity index (χ1n) is 5.63. The molecule has 1 aromatic rings. The first-order chi connectivity index (χ1) is 7.72. The third-order valence-electron chi connectivity index (χ3n) is 3.20. The summed E-state index contributed by atoms with van der Waals surface area (Å²) in [6, 6.07) is 8.66. The highest BCUT2D eigenvalue weighted by atomic mass is 14.3. The normalized spacial score (nSPS) is 21.9. The average Bonchev–Trinajstić information content (AvgIpc) is 2.57. The second kappa shape index (κ2) is 4.41. The van der Waals surface area contributed by atoms with Gasteiger partial charge in [-0.1, -0.05) is 48.8 Å². The first kappa shape index (κ1) is 10.8. The average molecular weight is 208 g/mol. The summed E-state index contributed by atoms with van der Waals surface area (Å²) in [5.41, 5.74) is 5.54. The number of benzene rings is 1. The lowest BCUT2D eigenvalue weighted by molar-refractivity contribution is 0.923. The van der Waals surface area contributed by atoms with Crippen LogP contribution >= 0.6 is 0 Å². The topological polar surface area (TPSA) is 0 Å². The van der Waals surface area contributed by atoms with E-state index in [9.17, 15) is 0 Å². The van der Waals surface area contributed by atoms with Gasteiger partial charge in [0.1, 0.15) is 0 Å². The Morgan fingerprint density at radius 3 is 2.88 bits per heavy atom. The standard InChI is InChI=1S/C16H16/c1-4-7-12(2)10-15-11-14-8-5-6-9-16(14)13(15)3/h1,5-10,13H,11H2,2-3H3/b12-7-,15-10+. The Morgan fingerprint density at radius 1 is 1.44 bits per heavy atom. The third kappa shape index (κ3) is 1.95. The van der Waals surface area contributed by atoms with E-state index in [1.165, 1.54) is 16.7 Å². The Hall–Kier alpha value is -1.74. The summed E-state index contributed by atoms with van der Waals surface area (Å²) in [5, 5.41) is 0. The molecule has 0 saturated heterocycles. The number of allylic oxidation sites excluding steroid dienone is 4. The summed E-state index contributed by atoms with van der Waals surface area (Å²) in [5.74, 6) is 3.10. The molecule has 0 fully saturated rings. The molecule has 0 radical (unpaired) electrons. The van der Waals surface area contributed by atoms with Crippen molar-refractivity contribution in [2.24, 2.45) is 0 Å². The molecule has 0 N–H and O–H groups in total. The monoisotopic (exact) mass is 208 g/mol. The van der Waals surface area contributed by atoms with Gasteiger partial charge in [0.15, 0.2) is 0 Å². The van der Waals surface area contributed by atoms with Gasteiger partial charge in [0.2, 0.25) is 0 Å². The van der Waals surface area contributed by atoms with Crippen molar-refractivity contribution in [3.8, 4) is 12.3 Å².